The fourth-order valence-electron chi connectivity index (χ4n) is 3.85. The number of nitriles is 1. The minimum atomic E-state index is -2.82. The number of thiol groups is 1. The van der Waals surface area contributed by atoms with Gasteiger partial charge in [0.15, 0.2) is 0 Å². The minimum Gasteiger partial charge on any atom is -0.486 e. The number of ether oxygens (including phenoxy) is 2. The maximum Gasteiger partial charge on any atom is 0.219 e. The number of pyridine rings is 1. The van der Waals surface area contributed by atoms with Crippen LogP contribution in [0.4, 0.5) is 0 Å². The van der Waals surface area contributed by atoms with Gasteiger partial charge >= 0.3 is 0 Å². The predicted octanol–water partition coefficient (Wildman–Crippen LogP) is 3.56. The number of benzene rings is 2. The van der Waals surface area contributed by atoms with Crippen molar-refractivity contribution in [3.05, 3.63) is 83.0 Å². The molecule has 3 aromatic rings. The van der Waals surface area contributed by atoms with Gasteiger partial charge in [0.2, 0.25) is 16.8 Å². The molecule has 0 saturated carbocycles. The van der Waals surface area contributed by atoms with Crippen molar-refractivity contribution in [2.75, 3.05) is 0 Å². The van der Waals surface area contributed by atoms with E-state index in [4.69, 9.17) is 14.7 Å². The van der Waals surface area contributed by atoms with Crippen LogP contribution in [0.5, 0.6) is 17.4 Å². The lowest BCUT2D eigenvalue weighted by Crippen LogP contribution is -2.19. The number of hydrogen-bond donors (Lipinski definition) is 2. The van der Waals surface area contributed by atoms with E-state index in [9.17, 15) is 13.2 Å². The average Bonchev–Trinajstić information content (AvgIpc) is 3.23. The Morgan fingerprint density at radius 2 is 2.00 bits per heavy atom. The second-order valence-electron chi connectivity index (χ2n) is 7.48. The van der Waals surface area contributed by atoms with Crippen LogP contribution >= 0.6 is 0 Å². The van der Waals surface area contributed by atoms with Crippen LogP contribution in [-0.2, 0) is 22.1 Å². The molecule has 0 aliphatic heterocycles. The van der Waals surface area contributed by atoms with E-state index < -0.39 is 16.9 Å². The molecule has 1 N–H and O–H groups in total. The van der Waals surface area contributed by atoms with Gasteiger partial charge in [-0.1, -0.05) is 24.3 Å². The summed E-state index contributed by atoms with van der Waals surface area (Å²) in [6.07, 6.45) is 3.62. The van der Waals surface area contributed by atoms with Crippen molar-refractivity contribution >= 4 is 17.2 Å². The van der Waals surface area contributed by atoms with E-state index in [1.807, 2.05) is 24.3 Å². The molecule has 1 unspecified atom stereocenters. The number of nitrogens with zero attached hydrogens (tertiary/aromatic N) is 2. The van der Waals surface area contributed by atoms with Crippen LogP contribution in [0.1, 0.15) is 47.2 Å². The van der Waals surface area contributed by atoms with Gasteiger partial charge in [0.1, 0.15) is 30.0 Å². The fraction of sp³-hybridized carbons (Fsp3) is 0.208. The molecule has 0 fully saturated rings. The maximum atomic E-state index is 11.0. The summed E-state index contributed by atoms with van der Waals surface area (Å²) < 4.78 is 36.5. The van der Waals surface area contributed by atoms with Gasteiger partial charge < -0.3 is 14.3 Å². The molecule has 2 atom stereocenters. The fourth-order valence-corrected chi connectivity index (χ4v) is 4.36. The number of hydrogen-bond acceptors (Lipinski definition) is 7. The molecule has 9 heteroatoms. The second-order valence-corrected chi connectivity index (χ2v) is 8.25. The van der Waals surface area contributed by atoms with Crippen LogP contribution in [0.25, 0.3) is 0 Å². The first-order valence-corrected chi connectivity index (χ1v) is 11.5. The van der Waals surface area contributed by atoms with Gasteiger partial charge in [0, 0.05) is 24.2 Å². The Kier molecular flexibility index (Phi) is 6.98. The first kappa shape index (κ1) is 22.5. The molecule has 1 aliphatic carbocycles. The number of nitrogens with one attached hydrogen (secondary N) is 1. The summed E-state index contributed by atoms with van der Waals surface area (Å²) in [5, 5.41) is 8.91. The lowest BCUT2D eigenvalue weighted by Gasteiger charge is -2.17. The van der Waals surface area contributed by atoms with Crippen LogP contribution in [0, 0.1) is 11.3 Å². The van der Waals surface area contributed by atoms with Crippen molar-refractivity contribution in [2.24, 2.45) is 0 Å². The summed E-state index contributed by atoms with van der Waals surface area (Å²) in [7, 11) is -2.82. The van der Waals surface area contributed by atoms with E-state index in [0.717, 1.165) is 24.0 Å². The molecule has 168 valence electrons. The van der Waals surface area contributed by atoms with Crippen LogP contribution in [0.3, 0.4) is 0 Å². The first-order chi connectivity index (χ1) is 16.1. The zero-order chi connectivity index (χ0) is 23.2. The van der Waals surface area contributed by atoms with E-state index in [2.05, 4.69) is 9.71 Å². The number of rotatable bonds is 9. The lowest BCUT2D eigenvalue weighted by molar-refractivity contribution is -0.108. The third-order valence-electron chi connectivity index (χ3n) is 5.41. The molecular weight excluding hydrogens is 442 g/mol. The largest absolute Gasteiger partial charge is 0.486 e. The Morgan fingerprint density at radius 3 is 2.67 bits per heavy atom. The van der Waals surface area contributed by atoms with E-state index in [0.29, 0.717) is 34.8 Å². The number of fused-ring (bicyclic) bond motifs is 1. The van der Waals surface area contributed by atoms with Crippen molar-refractivity contribution in [2.45, 2.75) is 31.4 Å². The Bertz CT molecular complexity index is 1240. The van der Waals surface area contributed by atoms with Gasteiger partial charge in [-0.25, -0.2) is 18.1 Å². The Labute approximate surface area is 192 Å². The summed E-state index contributed by atoms with van der Waals surface area (Å²) in [4.78, 5) is 15.0. The Hall–Kier alpha value is -3.74. The van der Waals surface area contributed by atoms with Crippen LogP contribution in [-0.4, -0.2) is 19.7 Å². The molecule has 0 bridgehead atoms. The van der Waals surface area contributed by atoms with Gasteiger partial charge in [0.05, 0.1) is 11.6 Å². The smallest absolute Gasteiger partial charge is 0.219 e. The number of aromatic nitrogens is 1. The van der Waals surface area contributed by atoms with Gasteiger partial charge in [-0.15, -0.1) is 0 Å². The molecule has 0 radical (unpaired) electrons. The van der Waals surface area contributed by atoms with Crippen LogP contribution in [0.15, 0.2) is 60.8 Å². The maximum absolute atomic E-state index is 11.0. The van der Waals surface area contributed by atoms with Crippen molar-refractivity contribution in [3.8, 4) is 23.4 Å². The van der Waals surface area contributed by atoms with E-state index in [1.54, 1.807) is 36.4 Å². The van der Waals surface area contributed by atoms with Crippen LogP contribution < -0.4 is 14.2 Å². The molecule has 1 aliphatic rings. The normalized spacial score (nSPS) is 15.5. The topological polar surface area (TPSA) is 118 Å². The van der Waals surface area contributed by atoms with Crippen LogP contribution in [0.2, 0.25) is 0 Å². The van der Waals surface area contributed by atoms with Gasteiger partial charge in [-0.05, 0) is 48.2 Å². The summed E-state index contributed by atoms with van der Waals surface area (Å²) in [6, 6.07) is 17.6. The quantitative estimate of drug-likeness (QED) is 0.368. The lowest BCUT2D eigenvalue weighted by atomic mass is 10.1. The molecule has 33 heavy (non-hydrogen) atoms. The highest BCUT2D eigenvalue weighted by Crippen LogP contribution is 2.40. The minimum absolute atomic E-state index is 0.0520. The average molecular weight is 464 g/mol. The molecule has 1 aromatic heterocycles. The molecule has 1 heterocycles. The van der Waals surface area contributed by atoms with Gasteiger partial charge in [-0.3, -0.25) is 0 Å². The molecular formula is C24H21N3O5S. The zero-order valence-electron chi connectivity index (χ0n) is 17.5. The van der Waals surface area contributed by atoms with Crippen molar-refractivity contribution in [3.63, 3.8) is 0 Å². The summed E-state index contributed by atoms with van der Waals surface area (Å²) in [5.41, 5.74) is 3.25. The summed E-state index contributed by atoms with van der Waals surface area (Å²) in [6.45, 7) is 0. The third kappa shape index (κ3) is 5.37. The molecule has 8 nitrogen and oxygen atoms in total. The molecule has 0 spiro atoms. The third-order valence-corrected chi connectivity index (χ3v) is 5.93. The summed E-state index contributed by atoms with van der Waals surface area (Å²) in [5.74, 6) is 1.77. The van der Waals surface area contributed by atoms with E-state index in [-0.39, 0.29) is 12.5 Å². The van der Waals surface area contributed by atoms with E-state index >= 15 is 0 Å². The zero-order valence-corrected chi connectivity index (χ0v) is 18.4. The van der Waals surface area contributed by atoms with Crippen molar-refractivity contribution < 1.29 is 22.7 Å². The Morgan fingerprint density at radius 1 is 1.18 bits per heavy atom. The van der Waals surface area contributed by atoms with Gasteiger partial charge in [-0.2, -0.15) is 5.26 Å². The van der Waals surface area contributed by atoms with Crippen molar-refractivity contribution in [1.29, 1.82) is 5.26 Å². The predicted molar refractivity (Wildman–Crippen MR) is 120 cm³/mol. The Balaban J connectivity index is 1.48. The van der Waals surface area contributed by atoms with Crippen molar-refractivity contribution in [1.82, 2.24) is 9.71 Å². The molecule has 2 aromatic carbocycles. The number of carbonyl (C=O) groups excluding carboxylic acids is 1. The SMILES string of the molecule is N#Cc1ccc(Oc2cccc3c2CC[C@H]3Oc2ccc(C(CC=O)N[SH](=O)=O)cc2)nc1. The highest BCUT2D eigenvalue weighted by atomic mass is 32.2. The number of aldehydes is 1. The molecule has 0 amide bonds. The standard InChI is InChI=1S/C24H21N3O5S/c25-14-16-4-11-24(26-15-16)32-22-3-1-2-19-20(22)9-10-23(19)31-18-7-5-17(6-8-18)21(12-13-28)27-33(29)30/h1-8,11,13,15,21,23,33H,9-10,12H2,(H,27,29,30)/t21?,23-/m1/s1. The van der Waals surface area contributed by atoms with E-state index in [1.165, 1.54) is 6.20 Å². The first-order valence-electron chi connectivity index (χ1n) is 10.3. The second kappa shape index (κ2) is 10.3. The monoisotopic (exact) mass is 463 g/mol. The number of carbonyl (C=O) groups is 1. The molecule has 0 saturated heterocycles. The summed E-state index contributed by atoms with van der Waals surface area (Å²) >= 11 is 0. The van der Waals surface area contributed by atoms with Gasteiger partial charge in [0.25, 0.3) is 0 Å². The molecule has 4 rings (SSSR count). The highest BCUT2D eigenvalue weighted by Gasteiger charge is 2.27. The highest BCUT2D eigenvalue weighted by molar-refractivity contribution is 7.70.